The topological polar surface area (TPSA) is 51.0 Å². The lowest BCUT2D eigenvalue weighted by Crippen LogP contribution is -2.46. The molecule has 0 bridgehead atoms. The van der Waals surface area contributed by atoms with E-state index in [4.69, 9.17) is 15.2 Å². The second-order valence-corrected chi connectivity index (χ2v) is 5.64. The van der Waals surface area contributed by atoms with Gasteiger partial charge in [0.15, 0.2) is 11.5 Å². The summed E-state index contributed by atoms with van der Waals surface area (Å²) in [6.45, 7) is 9.89. The predicted molar refractivity (Wildman–Crippen MR) is 89.6 cm³/mol. The number of hydrogen-bond acceptors (Lipinski definition) is 5. The van der Waals surface area contributed by atoms with Gasteiger partial charge in [0.1, 0.15) is 0 Å². The van der Waals surface area contributed by atoms with E-state index in [1.54, 1.807) is 7.11 Å². The van der Waals surface area contributed by atoms with Crippen LogP contribution in [0.2, 0.25) is 0 Å². The number of para-hydroxylation sites is 1. The molecule has 1 aromatic rings. The molecule has 1 aromatic carbocycles. The maximum Gasteiger partial charge on any atom is 0.165 e. The van der Waals surface area contributed by atoms with Gasteiger partial charge in [-0.25, -0.2) is 0 Å². The molecule has 0 amide bonds. The molecule has 1 heterocycles. The molecule has 0 saturated carbocycles. The Morgan fingerprint density at radius 1 is 1.14 bits per heavy atom. The van der Waals surface area contributed by atoms with Crippen LogP contribution in [0, 0.1) is 0 Å². The number of ether oxygens (including phenoxy) is 2. The van der Waals surface area contributed by atoms with Crippen LogP contribution in [0.15, 0.2) is 18.2 Å². The van der Waals surface area contributed by atoms with Gasteiger partial charge in [0.2, 0.25) is 0 Å². The average Bonchev–Trinajstić information content (AvgIpc) is 2.56. The summed E-state index contributed by atoms with van der Waals surface area (Å²) in [7, 11) is 1.69. The summed E-state index contributed by atoms with van der Waals surface area (Å²) in [5.74, 6) is 1.71. The Morgan fingerprint density at radius 2 is 1.86 bits per heavy atom. The highest BCUT2D eigenvalue weighted by molar-refractivity contribution is 5.46. The number of benzene rings is 1. The van der Waals surface area contributed by atoms with Crippen molar-refractivity contribution in [3.05, 3.63) is 23.8 Å². The smallest absolute Gasteiger partial charge is 0.165 e. The number of rotatable bonds is 8. The quantitative estimate of drug-likeness (QED) is 0.790. The van der Waals surface area contributed by atoms with Crippen molar-refractivity contribution in [2.45, 2.75) is 19.9 Å². The molecule has 22 heavy (non-hydrogen) atoms. The molecule has 0 aliphatic carbocycles. The van der Waals surface area contributed by atoms with Crippen LogP contribution in [0.4, 0.5) is 0 Å². The highest BCUT2D eigenvalue weighted by atomic mass is 16.5. The van der Waals surface area contributed by atoms with Crippen LogP contribution in [0.5, 0.6) is 11.5 Å². The van der Waals surface area contributed by atoms with E-state index in [2.05, 4.69) is 15.9 Å². The summed E-state index contributed by atoms with van der Waals surface area (Å²) < 4.78 is 11.2. The Kier molecular flexibility index (Phi) is 6.96. The van der Waals surface area contributed by atoms with E-state index < -0.39 is 0 Å². The molecule has 0 aromatic heterocycles. The first-order valence-corrected chi connectivity index (χ1v) is 8.22. The van der Waals surface area contributed by atoms with E-state index >= 15 is 0 Å². The fraction of sp³-hybridized carbons (Fsp3) is 0.647. The largest absolute Gasteiger partial charge is 0.493 e. The molecule has 1 saturated heterocycles. The van der Waals surface area contributed by atoms with Gasteiger partial charge < -0.3 is 20.1 Å². The summed E-state index contributed by atoms with van der Waals surface area (Å²) in [6, 6.07) is 6.13. The Bertz CT molecular complexity index is 446. The lowest BCUT2D eigenvalue weighted by atomic mass is 10.1. The molecule has 2 rings (SSSR count). The van der Waals surface area contributed by atoms with Crippen molar-refractivity contribution in [3.8, 4) is 11.5 Å². The zero-order chi connectivity index (χ0) is 15.8. The summed E-state index contributed by atoms with van der Waals surface area (Å²) in [4.78, 5) is 4.98. The van der Waals surface area contributed by atoms with Crippen molar-refractivity contribution in [2.75, 3.05) is 53.0 Å². The van der Waals surface area contributed by atoms with Crippen molar-refractivity contribution in [3.63, 3.8) is 0 Å². The first-order chi connectivity index (χ1) is 10.8. The van der Waals surface area contributed by atoms with Crippen molar-refractivity contribution in [1.29, 1.82) is 0 Å². The number of methoxy groups -OCH3 is 1. The average molecular weight is 307 g/mol. The Labute approximate surface area is 134 Å². The molecule has 0 unspecified atom stereocenters. The molecule has 1 fully saturated rings. The van der Waals surface area contributed by atoms with Gasteiger partial charge in [-0.3, -0.25) is 4.90 Å². The first-order valence-electron chi connectivity index (χ1n) is 8.22. The van der Waals surface area contributed by atoms with E-state index in [0.717, 1.165) is 63.7 Å². The Balaban J connectivity index is 1.94. The number of piperazine rings is 1. The number of nitrogens with two attached hydrogens (primary N) is 1. The maximum atomic E-state index is 5.80. The summed E-state index contributed by atoms with van der Waals surface area (Å²) in [6.07, 6.45) is 1.09. The molecular weight excluding hydrogens is 278 g/mol. The normalized spacial score (nSPS) is 16.7. The van der Waals surface area contributed by atoms with Gasteiger partial charge in [0.05, 0.1) is 13.7 Å². The Hall–Kier alpha value is -1.30. The van der Waals surface area contributed by atoms with Crippen LogP contribution in [0.25, 0.3) is 0 Å². The number of nitrogens with zero attached hydrogens (tertiary/aromatic N) is 2. The predicted octanol–water partition coefficient (Wildman–Crippen LogP) is 1.56. The van der Waals surface area contributed by atoms with Crippen molar-refractivity contribution >= 4 is 0 Å². The lowest BCUT2D eigenvalue weighted by molar-refractivity contribution is 0.125. The van der Waals surface area contributed by atoms with Gasteiger partial charge in [-0.1, -0.05) is 12.1 Å². The molecule has 0 spiro atoms. The minimum absolute atomic E-state index is 0.653. The molecule has 124 valence electrons. The van der Waals surface area contributed by atoms with Gasteiger partial charge in [0, 0.05) is 38.3 Å². The van der Waals surface area contributed by atoms with E-state index in [9.17, 15) is 0 Å². The first kappa shape index (κ1) is 17.1. The van der Waals surface area contributed by atoms with E-state index in [0.29, 0.717) is 6.61 Å². The summed E-state index contributed by atoms with van der Waals surface area (Å²) in [5, 5.41) is 0. The minimum atomic E-state index is 0.653. The van der Waals surface area contributed by atoms with Crippen LogP contribution in [0.3, 0.4) is 0 Å². The van der Waals surface area contributed by atoms with Crippen molar-refractivity contribution in [1.82, 2.24) is 9.80 Å². The third-order valence-electron chi connectivity index (χ3n) is 4.11. The van der Waals surface area contributed by atoms with Gasteiger partial charge in [-0.05, 0) is 32.5 Å². The van der Waals surface area contributed by atoms with Gasteiger partial charge in [0.25, 0.3) is 0 Å². The third kappa shape index (κ3) is 4.60. The maximum absolute atomic E-state index is 5.80. The number of hydrogen-bond donors (Lipinski definition) is 1. The second kappa shape index (κ2) is 8.98. The summed E-state index contributed by atoms with van der Waals surface area (Å²) >= 11 is 0. The van der Waals surface area contributed by atoms with Gasteiger partial charge in [-0.2, -0.15) is 0 Å². The highest BCUT2D eigenvalue weighted by Crippen LogP contribution is 2.32. The van der Waals surface area contributed by atoms with Crippen LogP contribution in [-0.4, -0.2) is 62.8 Å². The Morgan fingerprint density at radius 3 is 2.50 bits per heavy atom. The summed E-state index contributed by atoms with van der Waals surface area (Å²) in [5.41, 5.74) is 6.79. The zero-order valence-electron chi connectivity index (χ0n) is 13.9. The van der Waals surface area contributed by atoms with Gasteiger partial charge >= 0.3 is 0 Å². The standard InChI is InChI=1S/C17H29N3O2/c1-3-22-17-15(6-4-7-16(17)21-2)14-20-12-10-19(11-13-20)9-5-8-18/h4,6-7H,3,5,8-14,18H2,1-2H3. The van der Waals surface area contributed by atoms with E-state index in [1.165, 1.54) is 5.56 Å². The molecular formula is C17H29N3O2. The van der Waals surface area contributed by atoms with Crippen LogP contribution < -0.4 is 15.2 Å². The minimum Gasteiger partial charge on any atom is -0.493 e. The lowest BCUT2D eigenvalue weighted by Gasteiger charge is -2.35. The molecule has 0 atom stereocenters. The fourth-order valence-corrected chi connectivity index (χ4v) is 2.88. The monoisotopic (exact) mass is 307 g/mol. The molecule has 5 nitrogen and oxygen atoms in total. The third-order valence-corrected chi connectivity index (χ3v) is 4.11. The molecule has 1 aliphatic heterocycles. The van der Waals surface area contributed by atoms with Crippen molar-refractivity contribution in [2.24, 2.45) is 5.73 Å². The molecule has 5 heteroatoms. The molecule has 1 aliphatic rings. The zero-order valence-corrected chi connectivity index (χ0v) is 13.9. The van der Waals surface area contributed by atoms with Gasteiger partial charge in [-0.15, -0.1) is 0 Å². The SMILES string of the molecule is CCOc1c(CN2CCN(CCCN)CC2)cccc1OC. The fourth-order valence-electron chi connectivity index (χ4n) is 2.88. The van der Waals surface area contributed by atoms with Crippen LogP contribution in [0.1, 0.15) is 18.9 Å². The van der Waals surface area contributed by atoms with Crippen LogP contribution in [-0.2, 0) is 6.54 Å². The van der Waals surface area contributed by atoms with E-state index in [-0.39, 0.29) is 0 Å². The highest BCUT2D eigenvalue weighted by Gasteiger charge is 2.19. The second-order valence-electron chi connectivity index (χ2n) is 5.64. The molecule has 2 N–H and O–H groups in total. The van der Waals surface area contributed by atoms with Crippen molar-refractivity contribution < 1.29 is 9.47 Å². The molecule has 0 radical (unpaired) electrons. The van der Waals surface area contributed by atoms with E-state index in [1.807, 2.05) is 19.1 Å². The van der Waals surface area contributed by atoms with Crippen LogP contribution >= 0.6 is 0 Å².